The normalized spacial score (nSPS) is 29.3. The van der Waals surface area contributed by atoms with Crippen molar-refractivity contribution in [3.05, 3.63) is 11.6 Å². The van der Waals surface area contributed by atoms with Crippen molar-refractivity contribution in [3.63, 3.8) is 0 Å². The van der Waals surface area contributed by atoms with Crippen molar-refractivity contribution in [2.24, 2.45) is 5.92 Å². The smallest absolute Gasteiger partial charge is 0.0512 e. The van der Waals surface area contributed by atoms with Crippen molar-refractivity contribution in [1.82, 2.24) is 5.32 Å². The Kier molecular flexibility index (Phi) is 4.86. The van der Waals surface area contributed by atoms with Crippen molar-refractivity contribution in [2.75, 3.05) is 20.3 Å². The number of hydrogen-bond acceptors (Lipinski definition) is 2. The van der Waals surface area contributed by atoms with E-state index >= 15 is 0 Å². The van der Waals surface area contributed by atoms with Crippen molar-refractivity contribution in [3.8, 4) is 0 Å². The molecule has 1 fully saturated rings. The molecule has 0 saturated carbocycles. The number of hydrogen-bond donors (Lipinski definition) is 1. The molecule has 0 radical (unpaired) electrons. The molecule has 0 aromatic rings. The Labute approximate surface area is 99.4 Å². The summed E-state index contributed by atoms with van der Waals surface area (Å²) < 4.78 is 5.62. The van der Waals surface area contributed by atoms with Gasteiger partial charge in [0.25, 0.3) is 0 Å². The molecule has 1 N–H and O–H groups in total. The van der Waals surface area contributed by atoms with Gasteiger partial charge in [-0.25, -0.2) is 0 Å². The first-order valence-corrected chi connectivity index (χ1v) is 6.86. The lowest BCUT2D eigenvalue weighted by atomic mass is 9.86. The third kappa shape index (κ3) is 3.08. The summed E-state index contributed by atoms with van der Waals surface area (Å²) in [4.78, 5) is 0. The standard InChI is InChI=1S/C14H25NO/c1-15-14(13-9-6-10-16-11-13)12-7-4-2-3-5-8-12/h7,13-15H,2-6,8-11H2,1H3. The van der Waals surface area contributed by atoms with Crippen LogP contribution in [0.5, 0.6) is 0 Å². The third-order valence-electron chi connectivity index (χ3n) is 3.95. The quantitative estimate of drug-likeness (QED) is 0.743. The summed E-state index contributed by atoms with van der Waals surface area (Å²) in [6.45, 7) is 1.91. The summed E-state index contributed by atoms with van der Waals surface area (Å²) in [5.74, 6) is 0.697. The molecule has 0 aromatic heterocycles. The molecule has 2 atom stereocenters. The maximum atomic E-state index is 5.62. The Morgan fingerprint density at radius 1 is 1.31 bits per heavy atom. The van der Waals surface area contributed by atoms with Crippen LogP contribution in [0.3, 0.4) is 0 Å². The second-order valence-corrected chi connectivity index (χ2v) is 5.12. The van der Waals surface area contributed by atoms with Crippen LogP contribution in [-0.2, 0) is 4.74 Å². The van der Waals surface area contributed by atoms with Gasteiger partial charge in [0.15, 0.2) is 0 Å². The van der Waals surface area contributed by atoms with Gasteiger partial charge in [-0.15, -0.1) is 0 Å². The van der Waals surface area contributed by atoms with Gasteiger partial charge < -0.3 is 10.1 Å². The molecule has 1 aliphatic carbocycles. The van der Waals surface area contributed by atoms with Gasteiger partial charge in [-0.05, 0) is 45.6 Å². The summed E-state index contributed by atoms with van der Waals surface area (Å²) in [6, 6.07) is 0.568. The van der Waals surface area contributed by atoms with Gasteiger partial charge >= 0.3 is 0 Å². The molecular weight excluding hydrogens is 198 g/mol. The molecular formula is C14H25NO. The van der Waals surface area contributed by atoms with E-state index in [1.165, 1.54) is 44.9 Å². The average Bonchev–Trinajstić information content (AvgIpc) is 2.61. The monoisotopic (exact) mass is 223 g/mol. The Hall–Kier alpha value is -0.340. The zero-order valence-electron chi connectivity index (χ0n) is 10.5. The predicted molar refractivity (Wildman–Crippen MR) is 67.6 cm³/mol. The first kappa shape index (κ1) is 12.1. The molecule has 1 saturated heterocycles. The van der Waals surface area contributed by atoms with E-state index in [9.17, 15) is 0 Å². The molecule has 0 aromatic carbocycles. The lowest BCUT2D eigenvalue weighted by molar-refractivity contribution is 0.0449. The van der Waals surface area contributed by atoms with Gasteiger partial charge in [0.05, 0.1) is 6.61 Å². The topological polar surface area (TPSA) is 21.3 Å². The molecule has 2 nitrogen and oxygen atoms in total. The molecule has 16 heavy (non-hydrogen) atoms. The largest absolute Gasteiger partial charge is 0.381 e. The van der Waals surface area contributed by atoms with Crippen LogP contribution >= 0.6 is 0 Å². The van der Waals surface area contributed by atoms with Crippen LogP contribution in [0.15, 0.2) is 11.6 Å². The van der Waals surface area contributed by atoms with Gasteiger partial charge in [0.1, 0.15) is 0 Å². The second kappa shape index (κ2) is 6.41. The SMILES string of the molecule is CNC(C1=CCCCCC1)C1CCCOC1. The summed E-state index contributed by atoms with van der Waals surface area (Å²) in [5.41, 5.74) is 1.65. The number of ether oxygens (including phenoxy) is 1. The van der Waals surface area contributed by atoms with Crippen molar-refractivity contribution in [2.45, 2.75) is 51.0 Å². The van der Waals surface area contributed by atoms with E-state index < -0.39 is 0 Å². The summed E-state index contributed by atoms with van der Waals surface area (Å²) >= 11 is 0. The molecule has 1 aliphatic heterocycles. The van der Waals surface area contributed by atoms with Gasteiger partial charge in [0, 0.05) is 18.6 Å². The van der Waals surface area contributed by atoms with Crippen LogP contribution < -0.4 is 5.32 Å². The molecule has 2 unspecified atom stereocenters. The second-order valence-electron chi connectivity index (χ2n) is 5.12. The molecule has 2 heteroatoms. The fourth-order valence-electron chi connectivity index (χ4n) is 3.07. The molecule has 0 spiro atoms. The van der Waals surface area contributed by atoms with E-state index in [1.807, 2.05) is 0 Å². The van der Waals surface area contributed by atoms with Gasteiger partial charge in [0.2, 0.25) is 0 Å². The molecule has 2 aliphatic rings. The molecule has 0 bridgehead atoms. The third-order valence-corrected chi connectivity index (χ3v) is 3.95. The van der Waals surface area contributed by atoms with Crippen LogP contribution in [0.25, 0.3) is 0 Å². The van der Waals surface area contributed by atoms with Crippen molar-refractivity contribution < 1.29 is 4.74 Å². The fraction of sp³-hybridized carbons (Fsp3) is 0.857. The van der Waals surface area contributed by atoms with Crippen LogP contribution in [0.4, 0.5) is 0 Å². The van der Waals surface area contributed by atoms with Crippen molar-refractivity contribution >= 4 is 0 Å². The van der Waals surface area contributed by atoms with E-state index in [2.05, 4.69) is 18.4 Å². The predicted octanol–water partition coefficient (Wildman–Crippen LogP) is 2.89. The Morgan fingerprint density at radius 3 is 3.00 bits per heavy atom. The number of rotatable bonds is 3. The summed E-state index contributed by atoms with van der Waals surface area (Å²) in [5, 5.41) is 3.52. The minimum Gasteiger partial charge on any atom is -0.381 e. The van der Waals surface area contributed by atoms with Gasteiger partial charge in [-0.2, -0.15) is 0 Å². The summed E-state index contributed by atoms with van der Waals surface area (Å²) in [6.07, 6.45) is 11.8. The van der Waals surface area contributed by atoms with Gasteiger partial charge in [-0.3, -0.25) is 0 Å². The van der Waals surface area contributed by atoms with Crippen molar-refractivity contribution in [1.29, 1.82) is 0 Å². The van der Waals surface area contributed by atoms with E-state index in [4.69, 9.17) is 4.74 Å². The van der Waals surface area contributed by atoms with Crippen LogP contribution in [0.1, 0.15) is 44.9 Å². The first-order valence-electron chi connectivity index (χ1n) is 6.86. The molecule has 0 amide bonds. The van der Waals surface area contributed by atoms with E-state index in [1.54, 1.807) is 5.57 Å². The average molecular weight is 223 g/mol. The molecule has 92 valence electrons. The maximum Gasteiger partial charge on any atom is 0.0512 e. The lowest BCUT2D eigenvalue weighted by Crippen LogP contribution is -2.39. The Morgan fingerprint density at radius 2 is 2.25 bits per heavy atom. The number of nitrogens with one attached hydrogen (secondary N) is 1. The lowest BCUT2D eigenvalue weighted by Gasteiger charge is -2.31. The molecule has 1 heterocycles. The summed E-state index contributed by atoms with van der Waals surface area (Å²) in [7, 11) is 2.10. The fourth-order valence-corrected chi connectivity index (χ4v) is 3.07. The number of allylic oxidation sites excluding steroid dienone is 1. The molecule has 2 rings (SSSR count). The zero-order chi connectivity index (χ0) is 11.2. The zero-order valence-corrected chi connectivity index (χ0v) is 10.5. The highest BCUT2D eigenvalue weighted by Crippen LogP contribution is 2.27. The van der Waals surface area contributed by atoms with Gasteiger partial charge in [-0.1, -0.05) is 18.1 Å². The number of likely N-dealkylation sites (N-methyl/N-ethyl adjacent to an activating group) is 1. The Balaban J connectivity index is 1.98. The van der Waals surface area contributed by atoms with Crippen LogP contribution in [0, 0.1) is 5.92 Å². The highest BCUT2D eigenvalue weighted by atomic mass is 16.5. The minimum atomic E-state index is 0.568. The van der Waals surface area contributed by atoms with E-state index in [-0.39, 0.29) is 0 Å². The maximum absolute atomic E-state index is 5.62. The van der Waals surface area contributed by atoms with Crippen LogP contribution in [-0.4, -0.2) is 26.3 Å². The van der Waals surface area contributed by atoms with E-state index in [0.717, 1.165) is 13.2 Å². The first-order chi connectivity index (χ1) is 7.92. The highest BCUT2D eigenvalue weighted by molar-refractivity contribution is 5.14. The van der Waals surface area contributed by atoms with Crippen LogP contribution in [0.2, 0.25) is 0 Å². The highest BCUT2D eigenvalue weighted by Gasteiger charge is 2.25. The Bertz CT molecular complexity index is 231. The minimum absolute atomic E-state index is 0.568. The van der Waals surface area contributed by atoms with E-state index in [0.29, 0.717) is 12.0 Å².